The van der Waals surface area contributed by atoms with Crippen LogP contribution < -0.4 is 11.3 Å². The van der Waals surface area contributed by atoms with Crippen LogP contribution in [0.15, 0.2) is 55.8 Å². The van der Waals surface area contributed by atoms with Gasteiger partial charge in [-0.3, -0.25) is 9.59 Å². The van der Waals surface area contributed by atoms with E-state index in [0.717, 1.165) is 4.68 Å². The van der Waals surface area contributed by atoms with Gasteiger partial charge in [0.25, 0.3) is 11.4 Å². The molecule has 0 saturated carbocycles. The summed E-state index contributed by atoms with van der Waals surface area (Å²) in [4.78, 5) is 46.7. The number of nitrogens with one attached hydrogen (secondary N) is 1. The fourth-order valence-corrected chi connectivity index (χ4v) is 3.66. The smallest absolute Gasteiger partial charge is 0.387 e. The minimum atomic E-state index is -0.722. The maximum absolute atomic E-state index is 12.9. The van der Waals surface area contributed by atoms with Crippen LogP contribution in [0.2, 0.25) is 0 Å². The number of carbonyl (C=O) groups excluding carboxylic acids is 1. The molecule has 10 nitrogen and oxygen atoms in total. The van der Waals surface area contributed by atoms with E-state index in [1.54, 1.807) is 30.3 Å². The van der Waals surface area contributed by atoms with Crippen molar-refractivity contribution < 1.29 is 13.9 Å². The number of amides is 1. The number of carbonyl (C=O) groups is 1. The Morgan fingerprint density at radius 2 is 2.10 bits per heavy atom. The first kappa shape index (κ1) is 20.7. The summed E-state index contributed by atoms with van der Waals surface area (Å²) in [5.41, 5.74) is 0.252. The first-order chi connectivity index (χ1) is 15.0. The summed E-state index contributed by atoms with van der Waals surface area (Å²) >= 11 is 1.38. The van der Waals surface area contributed by atoms with Gasteiger partial charge in [0.2, 0.25) is 5.91 Å². The lowest BCUT2D eigenvalue weighted by atomic mass is 10.2. The SMILES string of the molecule is COCCN(Cc1nc2ccccc2c(=O)[nH]1)C(=O)Cn1nc(-c2cccs2)oc1=O. The Bertz CT molecular complexity index is 1310. The molecule has 4 rings (SSSR count). The molecule has 0 aliphatic heterocycles. The van der Waals surface area contributed by atoms with Crippen LogP contribution >= 0.6 is 11.3 Å². The van der Waals surface area contributed by atoms with E-state index in [2.05, 4.69) is 15.1 Å². The molecule has 0 spiro atoms. The van der Waals surface area contributed by atoms with Crippen LogP contribution in [0.25, 0.3) is 21.7 Å². The second-order valence-electron chi connectivity index (χ2n) is 6.65. The summed E-state index contributed by atoms with van der Waals surface area (Å²) in [6.45, 7) is 0.260. The van der Waals surface area contributed by atoms with Crippen LogP contribution in [0.5, 0.6) is 0 Å². The van der Waals surface area contributed by atoms with E-state index in [1.807, 2.05) is 11.4 Å². The molecule has 1 aromatic carbocycles. The molecule has 3 heterocycles. The predicted molar refractivity (Wildman–Crippen MR) is 114 cm³/mol. The Labute approximate surface area is 179 Å². The van der Waals surface area contributed by atoms with Crippen LogP contribution in [0.4, 0.5) is 0 Å². The molecule has 0 atom stereocenters. The van der Waals surface area contributed by atoms with Crippen LogP contribution in [-0.4, -0.2) is 50.8 Å². The van der Waals surface area contributed by atoms with Crippen molar-refractivity contribution in [2.45, 2.75) is 13.1 Å². The van der Waals surface area contributed by atoms with Crippen LogP contribution in [-0.2, 0) is 22.6 Å². The van der Waals surface area contributed by atoms with Gasteiger partial charge in [0.05, 0.1) is 28.9 Å². The fraction of sp³-hybridized carbons (Fsp3) is 0.250. The van der Waals surface area contributed by atoms with Crippen molar-refractivity contribution in [3.63, 3.8) is 0 Å². The zero-order valence-electron chi connectivity index (χ0n) is 16.6. The molecule has 0 aliphatic carbocycles. The van der Waals surface area contributed by atoms with Gasteiger partial charge in [0.15, 0.2) is 0 Å². The van der Waals surface area contributed by atoms with Gasteiger partial charge in [0, 0.05) is 13.7 Å². The lowest BCUT2D eigenvalue weighted by Crippen LogP contribution is -2.38. The third kappa shape index (κ3) is 4.62. The summed E-state index contributed by atoms with van der Waals surface area (Å²) in [5.74, 6) is -0.613. The first-order valence-corrected chi connectivity index (χ1v) is 10.3. The number of benzene rings is 1. The van der Waals surface area contributed by atoms with Crippen LogP contribution in [0.1, 0.15) is 5.82 Å². The number of para-hydroxylation sites is 1. The normalized spacial score (nSPS) is 11.1. The molecule has 160 valence electrons. The maximum atomic E-state index is 12.9. The molecule has 3 aromatic heterocycles. The molecule has 31 heavy (non-hydrogen) atoms. The topological polar surface area (TPSA) is 123 Å². The van der Waals surface area contributed by atoms with Crippen LogP contribution in [0, 0.1) is 0 Å². The average molecular weight is 441 g/mol. The molecule has 0 bridgehead atoms. The number of rotatable bonds is 8. The molecular weight excluding hydrogens is 422 g/mol. The summed E-state index contributed by atoms with van der Waals surface area (Å²) in [6.07, 6.45) is 0. The van der Waals surface area contributed by atoms with Gasteiger partial charge in [-0.25, -0.2) is 9.78 Å². The number of hydrogen-bond acceptors (Lipinski definition) is 8. The highest BCUT2D eigenvalue weighted by Crippen LogP contribution is 2.21. The number of H-pyrrole nitrogens is 1. The maximum Gasteiger partial charge on any atom is 0.437 e. The number of fused-ring (bicyclic) bond motifs is 1. The number of methoxy groups -OCH3 is 1. The molecule has 1 N–H and O–H groups in total. The second-order valence-corrected chi connectivity index (χ2v) is 7.59. The Kier molecular flexibility index (Phi) is 6.05. The van der Waals surface area contributed by atoms with E-state index >= 15 is 0 Å². The highest BCUT2D eigenvalue weighted by molar-refractivity contribution is 7.13. The predicted octanol–water partition coefficient (Wildman–Crippen LogP) is 1.48. The Hall–Kier alpha value is -3.57. The highest BCUT2D eigenvalue weighted by atomic mass is 32.1. The average Bonchev–Trinajstić information content (AvgIpc) is 3.41. The van der Waals surface area contributed by atoms with Gasteiger partial charge in [-0.05, 0) is 23.6 Å². The number of aromatic amines is 1. The minimum absolute atomic E-state index is 0.0483. The molecule has 0 saturated heterocycles. The number of hydrogen-bond donors (Lipinski definition) is 1. The van der Waals surface area contributed by atoms with Crippen molar-refractivity contribution in [2.75, 3.05) is 20.3 Å². The van der Waals surface area contributed by atoms with Crippen molar-refractivity contribution in [1.82, 2.24) is 24.6 Å². The van der Waals surface area contributed by atoms with E-state index in [-0.39, 0.29) is 43.6 Å². The lowest BCUT2D eigenvalue weighted by molar-refractivity contribution is -0.133. The zero-order valence-corrected chi connectivity index (χ0v) is 17.4. The van der Waals surface area contributed by atoms with Crippen molar-refractivity contribution in [2.24, 2.45) is 0 Å². The van der Waals surface area contributed by atoms with Gasteiger partial charge in [0.1, 0.15) is 12.4 Å². The van der Waals surface area contributed by atoms with Gasteiger partial charge < -0.3 is 19.0 Å². The Morgan fingerprint density at radius 3 is 2.87 bits per heavy atom. The van der Waals surface area contributed by atoms with Gasteiger partial charge in [-0.15, -0.1) is 16.4 Å². The molecule has 0 unspecified atom stereocenters. The van der Waals surface area contributed by atoms with E-state index in [1.165, 1.54) is 23.3 Å². The van der Waals surface area contributed by atoms with E-state index in [0.29, 0.717) is 21.6 Å². The third-order valence-corrected chi connectivity index (χ3v) is 5.40. The molecule has 4 aromatic rings. The van der Waals surface area contributed by atoms with Crippen LogP contribution in [0.3, 0.4) is 0 Å². The third-order valence-electron chi connectivity index (χ3n) is 4.54. The first-order valence-electron chi connectivity index (χ1n) is 9.41. The number of nitrogens with zero attached hydrogens (tertiary/aromatic N) is 4. The molecule has 0 aliphatic rings. The largest absolute Gasteiger partial charge is 0.437 e. The monoisotopic (exact) mass is 441 g/mol. The van der Waals surface area contributed by atoms with Gasteiger partial charge >= 0.3 is 5.76 Å². The minimum Gasteiger partial charge on any atom is -0.387 e. The lowest BCUT2D eigenvalue weighted by Gasteiger charge is -2.21. The number of thiophene rings is 1. The second kappa shape index (κ2) is 9.06. The summed E-state index contributed by atoms with van der Waals surface area (Å²) in [6, 6.07) is 10.5. The molecular formula is C20H19N5O5S. The zero-order chi connectivity index (χ0) is 21.8. The van der Waals surface area contributed by atoms with Crippen molar-refractivity contribution in [3.8, 4) is 10.8 Å². The number of aromatic nitrogens is 4. The van der Waals surface area contributed by atoms with Gasteiger partial charge in [-0.2, -0.15) is 4.68 Å². The Balaban J connectivity index is 1.56. The summed E-state index contributed by atoms with van der Waals surface area (Å²) < 4.78 is 11.2. The van der Waals surface area contributed by atoms with Crippen molar-refractivity contribution in [3.05, 3.63) is 68.5 Å². The van der Waals surface area contributed by atoms with E-state index in [9.17, 15) is 14.4 Å². The van der Waals surface area contributed by atoms with Crippen molar-refractivity contribution >= 4 is 28.1 Å². The van der Waals surface area contributed by atoms with Crippen molar-refractivity contribution in [1.29, 1.82) is 0 Å². The molecule has 0 fully saturated rings. The highest BCUT2D eigenvalue weighted by Gasteiger charge is 2.20. The number of ether oxygens (including phenoxy) is 1. The molecule has 1 amide bonds. The Morgan fingerprint density at radius 1 is 1.26 bits per heavy atom. The summed E-state index contributed by atoms with van der Waals surface area (Å²) in [5, 5.41) is 6.42. The molecule has 0 radical (unpaired) electrons. The fourth-order valence-electron chi connectivity index (χ4n) is 3.02. The standard InChI is InChI=1S/C20H19N5O5S/c1-29-9-8-24(11-16-21-14-6-3-2-5-13(14)18(27)22-16)17(26)12-25-20(28)30-19(23-25)15-7-4-10-31-15/h2-7,10H,8-9,11-12H2,1H3,(H,21,22,27). The van der Waals surface area contributed by atoms with Gasteiger partial charge in [-0.1, -0.05) is 18.2 Å². The molecule has 11 heteroatoms. The quantitative estimate of drug-likeness (QED) is 0.439. The van der Waals surface area contributed by atoms with E-state index in [4.69, 9.17) is 9.15 Å². The summed E-state index contributed by atoms with van der Waals surface area (Å²) in [7, 11) is 1.52. The van der Waals surface area contributed by atoms with E-state index < -0.39 is 5.76 Å².